The minimum atomic E-state index is -3.75. The zero-order chi connectivity index (χ0) is 15.0. The first kappa shape index (κ1) is 14.2. The minimum Gasteiger partial charge on any atom is -0.295 e. The average Bonchev–Trinajstić information content (AvgIpc) is 2.72. The Kier molecular flexibility index (Phi) is 3.53. The molecule has 0 spiro atoms. The number of hydrogen-bond acceptors (Lipinski definition) is 4. The Morgan fingerprint density at radius 1 is 1.00 bits per heavy atom. The van der Waals surface area contributed by atoms with E-state index in [1.165, 1.54) is 18.2 Å². The summed E-state index contributed by atoms with van der Waals surface area (Å²) in [6.07, 6.45) is 3.80. The Morgan fingerprint density at radius 3 is 2.43 bits per heavy atom. The molecule has 3 rings (SSSR count). The van der Waals surface area contributed by atoms with Crippen LogP contribution in [-0.4, -0.2) is 25.2 Å². The van der Waals surface area contributed by atoms with Crippen LogP contribution in [0.4, 0.5) is 0 Å². The first-order valence-electron chi connectivity index (χ1n) is 7.09. The van der Waals surface area contributed by atoms with Crippen LogP contribution < -0.4 is 0 Å². The third kappa shape index (κ3) is 2.35. The molecule has 2 aliphatic carbocycles. The quantitative estimate of drug-likeness (QED) is 0.839. The van der Waals surface area contributed by atoms with Gasteiger partial charge in [-0.2, -0.15) is 0 Å². The summed E-state index contributed by atoms with van der Waals surface area (Å²) < 4.78 is 25.5. The van der Waals surface area contributed by atoms with Crippen LogP contribution in [0, 0.1) is 5.92 Å². The molecule has 0 radical (unpaired) electrons. The van der Waals surface area contributed by atoms with Crippen LogP contribution in [0.3, 0.4) is 0 Å². The van der Waals surface area contributed by atoms with Crippen molar-refractivity contribution in [2.45, 2.75) is 35.8 Å². The highest BCUT2D eigenvalue weighted by molar-refractivity contribution is 7.93. The number of carbonyl (C=O) groups is 2. The van der Waals surface area contributed by atoms with E-state index in [0.717, 1.165) is 12.8 Å². The van der Waals surface area contributed by atoms with E-state index in [2.05, 4.69) is 0 Å². The number of rotatable bonds is 2. The Labute approximate surface area is 123 Å². The van der Waals surface area contributed by atoms with E-state index in [1.807, 2.05) is 0 Å². The molecular formula is C16H16O4S. The van der Waals surface area contributed by atoms with Crippen molar-refractivity contribution in [2.24, 2.45) is 5.92 Å². The molecule has 2 aliphatic rings. The van der Waals surface area contributed by atoms with E-state index in [9.17, 15) is 18.0 Å². The lowest BCUT2D eigenvalue weighted by Gasteiger charge is -2.19. The Bertz CT molecular complexity index is 716. The monoisotopic (exact) mass is 304 g/mol. The van der Waals surface area contributed by atoms with Crippen LogP contribution in [0.25, 0.3) is 0 Å². The number of ketones is 2. The standard InChI is InChI=1S/C16H16O4S/c17-14-9-5-4-8-12-13(14)10-15(18)16(12)21(19,20)11-6-2-1-3-7-11/h1-3,6-7,10,12,16H,4-5,8-9H2/t12-,16+/m1/s1. The number of hydrogen-bond donors (Lipinski definition) is 0. The van der Waals surface area contributed by atoms with Gasteiger partial charge in [0.2, 0.25) is 0 Å². The molecule has 1 aromatic rings. The first-order valence-corrected chi connectivity index (χ1v) is 8.64. The van der Waals surface area contributed by atoms with Crippen molar-refractivity contribution in [3.05, 3.63) is 42.0 Å². The molecule has 1 saturated carbocycles. The van der Waals surface area contributed by atoms with Crippen molar-refractivity contribution >= 4 is 21.4 Å². The molecule has 0 amide bonds. The second-order valence-corrected chi connectivity index (χ2v) is 7.63. The summed E-state index contributed by atoms with van der Waals surface area (Å²) in [6, 6.07) is 8.00. The molecule has 0 saturated heterocycles. The summed E-state index contributed by atoms with van der Waals surface area (Å²) in [5, 5.41) is -1.13. The molecule has 0 heterocycles. The topological polar surface area (TPSA) is 68.3 Å². The maximum absolute atomic E-state index is 12.8. The summed E-state index contributed by atoms with van der Waals surface area (Å²) in [5.74, 6) is -0.997. The van der Waals surface area contributed by atoms with Gasteiger partial charge >= 0.3 is 0 Å². The fourth-order valence-electron chi connectivity index (χ4n) is 3.22. The van der Waals surface area contributed by atoms with Crippen LogP contribution in [-0.2, 0) is 19.4 Å². The van der Waals surface area contributed by atoms with Crippen molar-refractivity contribution in [1.82, 2.24) is 0 Å². The molecule has 2 atom stereocenters. The van der Waals surface area contributed by atoms with Crippen molar-refractivity contribution in [3.8, 4) is 0 Å². The predicted octanol–water partition coefficient (Wildman–Crippen LogP) is 2.10. The minimum absolute atomic E-state index is 0.0726. The first-order chi connectivity index (χ1) is 10.0. The Balaban J connectivity index is 2.04. The lowest BCUT2D eigenvalue weighted by Crippen LogP contribution is -2.33. The molecular weight excluding hydrogens is 288 g/mol. The molecule has 1 fully saturated rings. The van der Waals surface area contributed by atoms with E-state index < -0.39 is 26.8 Å². The van der Waals surface area contributed by atoms with Gasteiger partial charge in [-0.15, -0.1) is 0 Å². The number of sulfone groups is 1. The molecule has 110 valence electrons. The number of fused-ring (bicyclic) bond motifs is 1. The van der Waals surface area contributed by atoms with Gasteiger partial charge in [-0.3, -0.25) is 9.59 Å². The predicted molar refractivity (Wildman–Crippen MR) is 77.5 cm³/mol. The molecule has 0 N–H and O–H groups in total. The zero-order valence-corrected chi connectivity index (χ0v) is 12.3. The lowest BCUT2D eigenvalue weighted by molar-refractivity contribution is -0.116. The average molecular weight is 304 g/mol. The van der Waals surface area contributed by atoms with Crippen LogP contribution in [0.2, 0.25) is 0 Å². The van der Waals surface area contributed by atoms with Crippen molar-refractivity contribution in [1.29, 1.82) is 0 Å². The number of Topliss-reactive ketones (excluding diaryl/α,β-unsaturated/α-hetero) is 1. The van der Waals surface area contributed by atoms with Gasteiger partial charge in [0.05, 0.1) is 4.90 Å². The van der Waals surface area contributed by atoms with Gasteiger partial charge in [0.15, 0.2) is 21.4 Å². The lowest BCUT2D eigenvalue weighted by atomic mass is 9.96. The molecule has 1 aromatic carbocycles. The molecule has 4 nitrogen and oxygen atoms in total. The highest BCUT2D eigenvalue weighted by Crippen LogP contribution is 2.38. The Hall–Kier alpha value is -1.75. The largest absolute Gasteiger partial charge is 0.295 e. The number of allylic oxidation sites excluding steroid dienone is 2. The van der Waals surface area contributed by atoms with E-state index >= 15 is 0 Å². The number of carbonyl (C=O) groups excluding carboxylic acids is 2. The van der Waals surface area contributed by atoms with Crippen molar-refractivity contribution < 1.29 is 18.0 Å². The fraction of sp³-hybridized carbons (Fsp3) is 0.375. The highest BCUT2D eigenvalue weighted by atomic mass is 32.2. The van der Waals surface area contributed by atoms with Crippen molar-refractivity contribution in [3.63, 3.8) is 0 Å². The Morgan fingerprint density at radius 2 is 1.71 bits per heavy atom. The third-order valence-corrected chi connectivity index (χ3v) is 6.40. The van der Waals surface area contributed by atoms with Gasteiger partial charge in [0.1, 0.15) is 5.25 Å². The van der Waals surface area contributed by atoms with Crippen LogP contribution >= 0.6 is 0 Å². The van der Waals surface area contributed by atoms with Gasteiger partial charge in [-0.05, 0) is 31.1 Å². The molecule has 0 aliphatic heterocycles. The van der Waals surface area contributed by atoms with E-state index in [1.54, 1.807) is 18.2 Å². The highest BCUT2D eigenvalue weighted by Gasteiger charge is 2.47. The SMILES string of the molecule is O=C1CCCC[C@@H]2C1=CC(=O)[C@H]2S(=O)(=O)c1ccccc1. The maximum atomic E-state index is 12.8. The van der Waals surface area contributed by atoms with Crippen LogP contribution in [0.15, 0.2) is 46.9 Å². The normalized spacial score (nSPS) is 26.2. The molecule has 21 heavy (non-hydrogen) atoms. The van der Waals surface area contributed by atoms with Gasteiger partial charge in [-0.25, -0.2) is 8.42 Å². The number of benzene rings is 1. The van der Waals surface area contributed by atoms with Crippen LogP contribution in [0.5, 0.6) is 0 Å². The second-order valence-electron chi connectivity index (χ2n) is 5.56. The third-order valence-electron chi connectivity index (χ3n) is 4.24. The van der Waals surface area contributed by atoms with E-state index in [0.29, 0.717) is 18.4 Å². The molecule has 0 bridgehead atoms. The van der Waals surface area contributed by atoms with Crippen molar-refractivity contribution in [2.75, 3.05) is 0 Å². The molecule has 5 heteroatoms. The fourth-order valence-corrected chi connectivity index (χ4v) is 5.14. The van der Waals surface area contributed by atoms with Crippen LogP contribution in [0.1, 0.15) is 25.7 Å². The molecule has 0 unspecified atom stereocenters. The second kappa shape index (κ2) is 5.22. The van der Waals surface area contributed by atoms with Gasteiger partial charge in [0, 0.05) is 17.9 Å². The van der Waals surface area contributed by atoms with Gasteiger partial charge in [0.25, 0.3) is 0 Å². The summed E-state index contributed by atoms with van der Waals surface area (Å²) in [5.41, 5.74) is 0.419. The zero-order valence-electron chi connectivity index (χ0n) is 11.5. The smallest absolute Gasteiger partial charge is 0.189 e. The van der Waals surface area contributed by atoms with E-state index in [4.69, 9.17) is 0 Å². The summed E-state index contributed by atoms with van der Waals surface area (Å²) in [4.78, 5) is 24.4. The molecule has 0 aromatic heterocycles. The summed E-state index contributed by atoms with van der Waals surface area (Å²) >= 11 is 0. The van der Waals surface area contributed by atoms with Gasteiger partial charge < -0.3 is 0 Å². The van der Waals surface area contributed by atoms with E-state index in [-0.39, 0.29) is 10.7 Å². The maximum Gasteiger partial charge on any atom is 0.189 e. The summed E-state index contributed by atoms with van der Waals surface area (Å²) in [7, 11) is -3.75. The van der Waals surface area contributed by atoms with Gasteiger partial charge in [-0.1, -0.05) is 24.6 Å². The summed E-state index contributed by atoms with van der Waals surface area (Å²) in [6.45, 7) is 0.